The van der Waals surface area contributed by atoms with Crippen molar-refractivity contribution in [3.8, 4) is 34.5 Å². The van der Waals surface area contributed by atoms with Crippen LogP contribution in [0.25, 0.3) is 11.5 Å². The summed E-state index contributed by atoms with van der Waals surface area (Å²) in [6.45, 7) is 1.97. The molecule has 2 heterocycles. The molecule has 1 N–H and O–H groups in total. The highest BCUT2D eigenvalue weighted by Crippen LogP contribution is 2.36. The molecule has 4 rings (SSSR count). The van der Waals surface area contributed by atoms with Crippen LogP contribution in [0.4, 0.5) is 5.69 Å². The fourth-order valence-electron chi connectivity index (χ4n) is 3.00. The Morgan fingerprint density at radius 1 is 1.10 bits per heavy atom. The maximum Gasteiger partial charge on any atom is 0.231 e. The van der Waals surface area contributed by atoms with Gasteiger partial charge in [-0.1, -0.05) is 0 Å². The summed E-state index contributed by atoms with van der Waals surface area (Å²) in [6.07, 6.45) is 0.0558. The van der Waals surface area contributed by atoms with Crippen molar-refractivity contribution in [1.82, 2.24) is 4.98 Å². The van der Waals surface area contributed by atoms with E-state index in [1.807, 2.05) is 6.07 Å². The lowest BCUT2D eigenvalue weighted by Gasteiger charge is -2.11. The van der Waals surface area contributed by atoms with Gasteiger partial charge in [0.15, 0.2) is 11.5 Å². The van der Waals surface area contributed by atoms with E-state index >= 15 is 0 Å². The minimum atomic E-state index is -0.245. The molecule has 8 nitrogen and oxygen atoms in total. The van der Waals surface area contributed by atoms with E-state index < -0.39 is 0 Å². The van der Waals surface area contributed by atoms with Crippen molar-refractivity contribution >= 4 is 11.6 Å². The second-order valence-corrected chi connectivity index (χ2v) is 6.38. The van der Waals surface area contributed by atoms with Crippen LogP contribution >= 0.6 is 0 Å². The number of nitrogens with one attached hydrogen (secondary N) is 1. The normalized spacial score (nSPS) is 12.0. The molecule has 8 heteroatoms. The number of aryl methyl sites for hydroxylation is 1. The molecule has 3 aromatic rings. The standard InChI is InChI=1S/C21H20N2O6/c1-12-15(10-20(24)22-16-9-14(25-2)5-7-17(16)26-3)23-21(29-12)13-4-6-18-19(8-13)28-11-27-18/h4-9H,10-11H2,1-3H3,(H,22,24). The number of ether oxygens (including phenoxy) is 4. The molecule has 0 bridgehead atoms. The lowest BCUT2D eigenvalue weighted by Crippen LogP contribution is -2.15. The first-order chi connectivity index (χ1) is 14.1. The van der Waals surface area contributed by atoms with Crippen molar-refractivity contribution in [2.75, 3.05) is 26.3 Å². The topological polar surface area (TPSA) is 92.1 Å². The second-order valence-electron chi connectivity index (χ2n) is 6.38. The molecular formula is C21H20N2O6. The Morgan fingerprint density at radius 2 is 1.93 bits per heavy atom. The number of amides is 1. The zero-order valence-electron chi connectivity index (χ0n) is 16.3. The van der Waals surface area contributed by atoms with Gasteiger partial charge in [-0.25, -0.2) is 4.98 Å². The monoisotopic (exact) mass is 396 g/mol. The van der Waals surface area contributed by atoms with E-state index in [2.05, 4.69) is 10.3 Å². The van der Waals surface area contributed by atoms with Gasteiger partial charge < -0.3 is 28.7 Å². The molecule has 0 fully saturated rings. The van der Waals surface area contributed by atoms with E-state index in [9.17, 15) is 4.79 Å². The number of nitrogens with zero attached hydrogens (tertiary/aromatic N) is 1. The van der Waals surface area contributed by atoms with Crippen LogP contribution in [0.2, 0.25) is 0 Å². The van der Waals surface area contributed by atoms with E-state index in [0.717, 1.165) is 5.56 Å². The fraction of sp³-hybridized carbons (Fsp3) is 0.238. The number of fused-ring (bicyclic) bond motifs is 1. The molecule has 0 aliphatic carbocycles. The molecule has 0 spiro atoms. The van der Waals surface area contributed by atoms with Gasteiger partial charge in [0.2, 0.25) is 18.6 Å². The molecule has 1 aromatic heterocycles. The first kappa shape index (κ1) is 18.7. The minimum absolute atomic E-state index is 0.0558. The lowest BCUT2D eigenvalue weighted by molar-refractivity contribution is -0.115. The van der Waals surface area contributed by atoms with Crippen molar-refractivity contribution in [1.29, 1.82) is 0 Å². The number of anilines is 1. The number of rotatable bonds is 6. The van der Waals surface area contributed by atoms with E-state index in [4.69, 9.17) is 23.4 Å². The number of carbonyl (C=O) groups excluding carboxylic acids is 1. The summed E-state index contributed by atoms with van der Waals surface area (Å²) in [4.78, 5) is 17.1. The Morgan fingerprint density at radius 3 is 2.72 bits per heavy atom. The second kappa shape index (κ2) is 7.75. The Labute approximate surface area is 167 Å². The Kier molecular flexibility index (Phi) is 4.99. The molecule has 0 saturated carbocycles. The molecule has 1 aliphatic heterocycles. The van der Waals surface area contributed by atoms with Crippen LogP contribution in [0.15, 0.2) is 40.8 Å². The van der Waals surface area contributed by atoms with E-state index in [-0.39, 0.29) is 19.1 Å². The number of oxazole rings is 1. The summed E-state index contributed by atoms with van der Waals surface area (Å²) >= 11 is 0. The van der Waals surface area contributed by atoms with Gasteiger partial charge in [0.05, 0.1) is 32.0 Å². The van der Waals surface area contributed by atoms with E-state index in [0.29, 0.717) is 46.0 Å². The molecule has 1 aliphatic rings. The first-order valence-electron chi connectivity index (χ1n) is 8.95. The summed E-state index contributed by atoms with van der Waals surface area (Å²) in [6, 6.07) is 10.6. The largest absolute Gasteiger partial charge is 0.497 e. The molecule has 150 valence electrons. The Bertz CT molecular complexity index is 1060. The SMILES string of the molecule is COc1ccc(OC)c(NC(=O)Cc2nc(-c3ccc4c(c3)OCO4)oc2C)c1. The summed E-state index contributed by atoms with van der Waals surface area (Å²) in [5, 5.41) is 2.83. The van der Waals surface area contributed by atoms with Gasteiger partial charge in [-0.15, -0.1) is 0 Å². The van der Waals surface area contributed by atoms with Gasteiger partial charge in [0.1, 0.15) is 17.3 Å². The predicted molar refractivity (Wildman–Crippen MR) is 105 cm³/mol. The van der Waals surface area contributed by atoms with Crippen molar-refractivity contribution < 1.29 is 28.2 Å². The van der Waals surface area contributed by atoms with Gasteiger partial charge in [-0.3, -0.25) is 4.79 Å². The van der Waals surface area contributed by atoms with E-state index in [1.165, 1.54) is 7.11 Å². The molecule has 0 saturated heterocycles. The number of aromatic nitrogens is 1. The van der Waals surface area contributed by atoms with Gasteiger partial charge in [-0.05, 0) is 37.3 Å². The van der Waals surface area contributed by atoms with Gasteiger partial charge in [0, 0.05) is 11.6 Å². The van der Waals surface area contributed by atoms with Gasteiger partial charge >= 0.3 is 0 Å². The number of methoxy groups -OCH3 is 2. The predicted octanol–water partition coefficient (Wildman–Crippen LogP) is 3.58. The summed E-state index contributed by atoms with van der Waals surface area (Å²) in [7, 11) is 3.10. The summed E-state index contributed by atoms with van der Waals surface area (Å²) in [5.41, 5.74) is 1.82. The highest BCUT2D eigenvalue weighted by molar-refractivity contribution is 5.93. The van der Waals surface area contributed by atoms with Crippen molar-refractivity contribution in [2.45, 2.75) is 13.3 Å². The molecule has 0 unspecified atom stereocenters. The highest BCUT2D eigenvalue weighted by Gasteiger charge is 2.19. The minimum Gasteiger partial charge on any atom is -0.497 e. The number of benzene rings is 2. The zero-order chi connectivity index (χ0) is 20.4. The highest BCUT2D eigenvalue weighted by atomic mass is 16.7. The van der Waals surface area contributed by atoms with Gasteiger partial charge in [0.25, 0.3) is 0 Å². The third-order valence-electron chi connectivity index (χ3n) is 4.52. The number of carbonyl (C=O) groups is 1. The van der Waals surface area contributed by atoms with Crippen LogP contribution in [0.5, 0.6) is 23.0 Å². The third-order valence-corrected chi connectivity index (χ3v) is 4.52. The van der Waals surface area contributed by atoms with Gasteiger partial charge in [-0.2, -0.15) is 0 Å². The van der Waals surface area contributed by atoms with E-state index in [1.54, 1.807) is 44.4 Å². The van der Waals surface area contributed by atoms with Crippen LogP contribution in [-0.2, 0) is 11.2 Å². The maximum atomic E-state index is 12.6. The van der Waals surface area contributed by atoms with Crippen LogP contribution < -0.4 is 24.3 Å². The van der Waals surface area contributed by atoms with Crippen molar-refractivity contribution in [3.63, 3.8) is 0 Å². The van der Waals surface area contributed by atoms with Crippen molar-refractivity contribution in [2.24, 2.45) is 0 Å². The van der Waals surface area contributed by atoms with Crippen LogP contribution in [0.3, 0.4) is 0 Å². The van der Waals surface area contributed by atoms with Crippen LogP contribution in [0.1, 0.15) is 11.5 Å². The van der Waals surface area contributed by atoms with Crippen LogP contribution in [-0.4, -0.2) is 31.9 Å². The smallest absolute Gasteiger partial charge is 0.231 e. The molecule has 29 heavy (non-hydrogen) atoms. The third kappa shape index (κ3) is 3.82. The summed E-state index contributed by atoms with van der Waals surface area (Å²) < 4.78 is 27.0. The van der Waals surface area contributed by atoms with Crippen molar-refractivity contribution in [3.05, 3.63) is 47.9 Å². The molecular weight excluding hydrogens is 376 g/mol. The maximum absolute atomic E-state index is 12.6. The fourth-order valence-corrected chi connectivity index (χ4v) is 3.00. The zero-order valence-corrected chi connectivity index (χ0v) is 16.3. The number of hydrogen-bond acceptors (Lipinski definition) is 7. The average molecular weight is 396 g/mol. The molecule has 1 amide bonds. The Hall–Kier alpha value is -3.68. The van der Waals surface area contributed by atoms with Crippen LogP contribution in [0, 0.1) is 6.92 Å². The lowest BCUT2D eigenvalue weighted by atomic mass is 10.2. The summed E-state index contributed by atoms with van der Waals surface area (Å²) in [5.74, 6) is 3.23. The molecule has 2 aromatic carbocycles. The average Bonchev–Trinajstić information content (AvgIpc) is 3.34. The molecule has 0 radical (unpaired) electrons. The molecule has 0 atom stereocenters. The quantitative estimate of drug-likeness (QED) is 0.681. The Balaban J connectivity index is 1.51. The first-order valence-corrected chi connectivity index (χ1v) is 8.95. The number of hydrogen-bond donors (Lipinski definition) is 1.